The smallest absolute Gasteiger partial charge is 0.126 e. The maximum atomic E-state index is 4.67. The highest BCUT2D eigenvalue weighted by molar-refractivity contribution is 5.02. The number of imidazole rings is 1. The van der Waals surface area contributed by atoms with Gasteiger partial charge in [-0.15, -0.1) is 0 Å². The average molecular weight is 277 g/mol. The number of nitrogens with one attached hydrogen (secondary N) is 1. The lowest BCUT2D eigenvalue weighted by atomic mass is 9.77. The van der Waals surface area contributed by atoms with Crippen LogP contribution in [0.5, 0.6) is 0 Å². The van der Waals surface area contributed by atoms with Gasteiger partial charge in [-0.05, 0) is 37.6 Å². The number of aromatic nitrogens is 2. The molecule has 0 amide bonds. The van der Waals surface area contributed by atoms with Gasteiger partial charge in [-0.1, -0.05) is 40.0 Å². The van der Waals surface area contributed by atoms with Crippen molar-refractivity contribution < 1.29 is 0 Å². The van der Waals surface area contributed by atoms with Crippen LogP contribution < -0.4 is 5.32 Å². The number of hydrogen-bond donors (Lipinski definition) is 1. The van der Waals surface area contributed by atoms with Crippen LogP contribution in [0.2, 0.25) is 0 Å². The Hall–Kier alpha value is -0.830. The van der Waals surface area contributed by atoms with E-state index in [1.165, 1.54) is 44.3 Å². The third-order valence-corrected chi connectivity index (χ3v) is 4.85. The monoisotopic (exact) mass is 277 g/mol. The van der Waals surface area contributed by atoms with Crippen LogP contribution in [-0.2, 0) is 6.54 Å². The van der Waals surface area contributed by atoms with Crippen LogP contribution in [0.1, 0.15) is 71.2 Å². The molecule has 1 aromatic rings. The molecule has 0 spiro atoms. The molecular formula is C17H31N3. The first-order valence-corrected chi connectivity index (χ1v) is 8.54. The quantitative estimate of drug-likeness (QED) is 0.811. The lowest BCUT2D eigenvalue weighted by molar-refractivity contribution is 0.212. The van der Waals surface area contributed by atoms with E-state index in [4.69, 9.17) is 0 Å². The Morgan fingerprint density at radius 2 is 2.00 bits per heavy atom. The molecular weight excluding hydrogens is 246 g/mol. The van der Waals surface area contributed by atoms with Gasteiger partial charge in [0, 0.05) is 18.9 Å². The number of nitrogens with zero attached hydrogens (tertiary/aromatic N) is 2. The zero-order chi connectivity index (χ0) is 14.4. The molecule has 3 heteroatoms. The Bertz CT molecular complexity index is 377. The Morgan fingerprint density at radius 3 is 2.60 bits per heavy atom. The molecule has 1 aromatic heterocycles. The summed E-state index contributed by atoms with van der Waals surface area (Å²) < 4.78 is 2.35. The van der Waals surface area contributed by atoms with Crippen LogP contribution in [0.25, 0.3) is 0 Å². The molecule has 1 N–H and O–H groups in total. The second kappa shape index (κ2) is 7.82. The highest BCUT2D eigenvalue weighted by atomic mass is 15.1. The predicted molar refractivity (Wildman–Crippen MR) is 84.7 cm³/mol. The summed E-state index contributed by atoms with van der Waals surface area (Å²) in [6, 6.07) is 0.444. The molecule has 1 aliphatic rings. The van der Waals surface area contributed by atoms with Crippen molar-refractivity contribution >= 4 is 0 Å². The van der Waals surface area contributed by atoms with Crippen LogP contribution >= 0.6 is 0 Å². The summed E-state index contributed by atoms with van der Waals surface area (Å²) in [4.78, 5) is 4.67. The predicted octanol–water partition coefficient (Wildman–Crippen LogP) is 4.16. The lowest BCUT2D eigenvalue weighted by Gasteiger charge is -2.34. The number of aryl methyl sites for hydroxylation is 1. The molecule has 2 rings (SSSR count). The zero-order valence-electron chi connectivity index (χ0n) is 13.4. The third-order valence-electron chi connectivity index (χ3n) is 4.85. The Balaban J connectivity index is 2.08. The standard InChI is InChI=1S/C17H31N3/c1-4-12-20-13-11-19-17(20)16(18-6-3)15-9-7-14(5-2)8-10-15/h11,13-16,18H,4-10,12H2,1-3H3. The SMILES string of the molecule is CCCn1ccnc1C(NCC)C1CCC(CC)CC1. The van der Waals surface area contributed by atoms with Gasteiger partial charge in [0.1, 0.15) is 5.82 Å². The summed E-state index contributed by atoms with van der Waals surface area (Å²) in [6.45, 7) is 8.88. The van der Waals surface area contributed by atoms with Crippen LogP contribution in [0.15, 0.2) is 12.4 Å². The number of hydrogen-bond acceptors (Lipinski definition) is 2. The molecule has 1 heterocycles. The van der Waals surface area contributed by atoms with Crippen LogP contribution in [0.3, 0.4) is 0 Å². The fourth-order valence-electron chi connectivity index (χ4n) is 3.65. The molecule has 0 aliphatic heterocycles. The molecule has 1 aliphatic carbocycles. The van der Waals surface area contributed by atoms with Crippen molar-refractivity contribution in [1.29, 1.82) is 0 Å². The highest BCUT2D eigenvalue weighted by Gasteiger charge is 2.29. The van der Waals surface area contributed by atoms with Crippen molar-refractivity contribution in [3.63, 3.8) is 0 Å². The first kappa shape index (κ1) is 15.6. The summed E-state index contributed by atoms with van der Waals surface area (Å²) in [5.74, 6) is 2.98. The minimum Gasteiger partial charge on any atom is -0.334 e. The minimum atomic E-state index is 0.444. The Morgan fingerprint density at radius 1 is 1.25 bits per heavy atom. The lowest BCUT2D eigenvalue weighted by Crippen LogP contribution is -2.33. The Kier molecular flexibility index (Phi) is 6.08. The summed E-state index contributed by atoms with van der Waals surface area (Å²) in [5, 5.41) is 3.70. The van der Waals surface area contributed by atoms with Crippen molar-refractivity contribution in [2.75, 3.05) is 6.54 Å². The Labute approximate surface area is 124 Å². The zero-order valence-corrected chi connectivity index (χ0v) is 13.4. The summed E-state index contributed by atoms with van der Waals surface area (Å²) in [7, 11) is 0. The second-order valence-corrected chi connectivity index (χ2v) is 6.20. The van der Waals surface area contributed by atoms with Crippen molar-refractivity contribution in [3.05, 3.63) is 18.2 Å². The van der Waals surface area contributed by atoms with Crippen molar-refractivity contribution in [2.45, 2.75) is 71.9 Å². The van der Waals surface area contributed by atoms with E-state index in [-0.39, 0.29) is 0 Å². The van der Waals surface area contributed by atoms with E-state index in [0.717, 1.165) is 24.9 Å². The first-order valence-electron chi connectivity index (χ1n) is 8.54. The largest absolute Gasteiger partial charge is 0.334 e. The highest BCUT2D eigenvalue weighted by Crippen LogP contribution is 2.37. The van der Waals surface area contributed by atoms with Gasteiger partial charge in [0.2, 0.25) is 0 Å². The van der Waals surface area contributed by atoms with Crippen molar-refractivity contribution in [3.8, 4) is 0 Å². The summed E-state index contributed by atoms with van der Waals surface area (Å²) >= 11 is 0. The van der Waals surface area contributed by atoms with Crippen LogP contribution in [0, 0.1) is 11.8 Å². The minimum absolute atomic E-state index is 0.444. The van der Waals surface area contributed by atoms with Crippen molar-refractivity contribution in [2.24, 2.45) is 11.8 Å². The molecule has 0 radical (unpaired) electrons. The molecule has 1 atom stereocenters. The molecule has 0 aromatic carbocycles. The fourth-order valence-corrected chi connectivity index (χ4v) is 3.65. The van der Waals surface area contributed by atoms with Gasteiger partial charge in [-0.2, -0.15) is 0 Å². The molecule has 1 saturated carbocycles. The van der Waals surface area contributed by atoms with Gasteiger partial charge in [-0.25, -0.2) is 4.98 Å². The van der Waals surface area contributed by atoms with E-state index >= 15 is 0 Å². The van der Waals surface area contributed by atoms with Gasteiger partial charge in [-0.3, -0.25) is 0 Å². The summed E-state index contributed by atoms with van der Waals surface area (Å²) in [6.07, 6.45) is 12.1. The number of rotatable bonds is 7. The molecule has 0 saturated heterocycles. The van der Waals surface area contributed by atoms with Gasteiger partial charge in [0.05, 0.1) is 6.04 Å². The van der Waals surface area contributed by atoms with Gasteiger partial charge < -0.3 is 9.88 Å². The fraction of sp³-hybridized carbons (Fsp3) is 0.824. The summed E-state index contributed by atoms with van der Waals surface area (Å²) in [5.41, 5.74) is 0. The van der Waals surface area contributed by atoms with E-state index in [1.807, 2.05) is 6.20 Å². The molecule has 0 bridgehead atoms. The molecule has 1 fully saturated rings. The maximum absolute atomic E-state index is 4.67. The third kappa shape index (κ3) is 3.63. The molecule has 114 valence electrons. The second-order valence-electron chi connectivity index (χ2n) is 6.20. The molecule has 1 unspecified atom stereocenters. The normalized spacial score (nSPS) is 24.8. The van der Waals surface area contributed by atoms with Gasteiger partial charge >= 0.3 is 0 Å². The van der Waals surface area contributed by atoms with Crippen LogP contribution in [0.4, 0.5) is 0 Å². The topological polar surface area (TPSA) is 29.9 Å². The average Bonchev–Trinajstić information content (AvgIpc) is 2.93. The van der Waals surface area contributed by atoms with Gasteiger partial charge in [0.15, 0.2) is 0 Å². The van der Waals surface area contributed by atoms with Crippen LogP contribution in [-0.4, -0.2) is 16.1 Å². The van der Waals surface area contributed by atoms with E-state index in [1.54, 1.807) is 0 Å². The van der Waals surface area contributed by atoms with E-state index in [9.17, 15) is 0 Å². The van der Waals surface area contributed by atoms with E-state index < -0.39 is 0 Å². The molecule has 3 nitrogen and oxygen atoms in total. The maximum Gasteiger partial charge on any atom is 0.126 e. The van der Waals surface area contributed by atoms with E-state index in [2.05, 4.69) is 41.8 Å². The molecule has 20 heavy (non-hydrogen) atoms. The van der Waals surface area contributed by atoms with E-state index in [0.29, 0.717) is 6.04 Å². The van der Waals surface area contributed by atoms with Gasteiger partial charge in [0.25, 0.3) is 0 Å². The van der Waals surface area contributed by atoms with Crippen molar-refractivity contribution in [1.82, 2.24) is 14.9 Å². The first-order chi connectivity index (χ1) is 9.80.